The van der Waals surface area contributed by atoms with Crippen molar-refractivity contribution < 1.29 is 0 Å². The molecule has 260 valence electrons. The van der Waals surface area contributed by atoms with Crippen LogP contribution in [-0.4, -0.2) is 9.38 Å². The molecule has 2 nitrogen and oxygen atoms in total. The molecule has 0 unspecified atom stereocenters. The summed E-state index contributed by atoms with van der Waals surface area (Å²) in [5.41, 5.74) is 14.8. The number of benzene rings is 6. The smallest absolute Gasteiger partial charge is 0.146 e. The minimum absolute atomic E-state index is 0.989. The molecule has 0 amide bonds. The molecule has 0 N–H and O–H groups in total. The third-order valence-corrected chi connectivity index (χ3v) is 9.98. The van der Waals surface area contributed by atoms with E-state index in [1.807, 2.05) is 13.0 Å². The molecule has 54 heavy (non-hydrogen) atoms. The largest absolute Gasteiger partial charge is 0.292 e. The molecule has 2 aromatic heterocycles. The van der Waals surface area contributed by atoms with Crippen molar-refractivity contribution in [1.29, 1.82) is 0 Å². The molecule has 0 aliphatic carbocycles. The van der Waals surface area contributed by atoms with Gasteiger partial charge in [0.15, 0.2) is 0 Å². The monoisotopic (exact) mass is 694 g/mol. The summed E-state index contributed by atoms with van der Waals surface area (Å²) in [6, 6.07) is 52.3. The summed E-state index contributed by atoms with van der Waals surface area (Å²) in [4.78, 5) is 5.10. The molecule has 0 bridgehead atoms. The Balaban J connectivity index is 1.27. The Morgan fingerprint density at radius 2 is 1.24 bits per heavy atom. The van der Waals surface area contributed by atoms with Crippen molar-refractivity contribution in [3.63, 3.8) is 0 Å². The van der Waals surface area contributed by atoms with Crippen LogP contribution in [-0.2, 0) is 0 Å². The second-order valence-corrected chi connectivity index (χ2v) is 13.5. The minimum atomic E-state index is 0.989. The zero-order valence-electron chi connectivity index (χ0n) is 30.9. The van der Waals surface area contributed by atoms with Crippen LogP contribution in [0.5, 0.6) is 0 Å². The molecular weight excluding hydrogens is 653 g/mol. The van der Waals surface area contributed by atoms with Gasteiger partial charge in [0.2, 0.25) is 0 Å². The molecule has 6 aromatic carbocycles. The summed E-state index contributed by atoms with van der Waals surface area (Å²) in [6.07, 6.45) is 19.2. The van der Waals surface area contributed by atoms with Crippen LogP contribution in [0.2, 0.25) is 0 Å². The van der Waals surface area contributed by atoms with Crippen molar-refractivity contribution in [3.8, 4) is 11.1 Å². The molecule has 0 radical (unpaired) electrons. The summed E-state index contributed by atoms with van der Waals surface area (Å²) in [5, 5.41) is 3.60. The molecule has 8 aromatic rings. The lowest BCUT2D eigenvalue weighted by atomic mass is 9.90. The molecule has 0 spiro atoms. The van der Waals surface area contributed by atoms with E-state index in [-0.39, 0.29) is 0 Å². The number of allylic oxidation sites excluding steroid dienone is 10. The molecule has 2 heterocycles. The van der Waals surface area contributed by atoms with E-state index in [4.69, 9.17) is 4.98 Å². The average molecular weight is 695 g/mol. The molecule has 0 aliphatic heterocycles. The maximum Gasteiger partial charge on any atom is 0.146 e. The number of imidazole rings is 1. The number of para-hydroxylation sites is 2. The van der Waals surface area contributed by atoms with Gasteiger partial charge in [0.05, 0.1) is 16.6 Å². The maximum absolute atomic E-state index is 5.10. The Morgan fingerprint density at radius 1 is 0.537 bits per heavy atom. The third kappa shape index (κ3) is 6.78. The van der Waals surface area contributed by atoms with Gasteiger partial charge in [0, 0.05) is 10.8 Å². The average Bonchev–Trinajstić information content (AvgIpc) is 3.62. The zero-order chi connectivity index (χ0) is 36.9. The van der Waals surface area contributed by atoms with Gasteiger partial charge in [0.1, 0.15) is 5.65 Å². The summed E-state index contributed by atoms with van der Waals surface area (Å²) in [7, 11) is 0. The van der Waals surface area contributed by atoms with Crippen LogP contribution in [0.15, 0.2) is 200 Å². The van der Waals surface area contributed by atoms with Gasteiger partial charge >= 0.3 is 0 Å². The quantitative estimate of drug-likeness (QED) is 0.109. The molecule has 0 saturated heterocycles. The zero-order valence-corrected chi connectivity index (χ0v) is 30.9. The highest BCUT2D eigenvalue weighted by Crippen LogP contribution is 2.36. The second-order valence-electron chi connectivity index (χ2n) is 13.5. The first-order valence-electron chi connectivity index (χ1n) is 18.6. The van der Waals surface area contributed by atoms with Gasteiger partial charge < -0.3 is 0 Å². The maximum atomic E-state index is 5.10. The minimum Gasteiger partial charge on any atom is -0.292 e. The molecule has 0 atom stereocenters. The van der Waals surface area contributed by atoms with E-state index in [9.17, 15) is 0 Å². The van der Waals surface area contributed by atoms with Gasteiger partial charge in [-0.25, -0.2) is 4.98 Å². The summed E-state index contributed by atoms with van der Waals surface area (Å²) in [6.45, 7) is 6.30. The molecule has 2 heteroatoms. The molecular formula is C52H42N2. The standard InChI is InChI=1S/C52H42N2/c1-4-6-9-19-38-20-17-26-44(34-38)51(39-21-11-8-12-22-39)43(23-10-7-5-2)33-37(3)40-24-18-25-41(35-40)42-31-32-46-45-27-13-14-28-47(45)52-53-48-29-15-16-30-49(48)54(52)50(46)36-42/h4-36H,1-3H3/b6-4-,7-5-,19-9-,23-10+,37-33+,51-43+. The van der Waals surface area contributed by atoms with Gasteiger partial charge in [-0.05, 0) is 107 Å². The van der Waals surface area contributed by atoms with E-state index in [2.05, 4.69) is 212 Å². The van der Waals surface area contributed by atoms with Crippen LogP contribution in [0, 0.1) is 0 Å². The highest BCUT2D eigenvalue weighted by Gasteiger charge is 2.15. The fourth-order valence-corrected chi connectivity index (χ4v) is 7.40. The number of hydrogen-bond donors (Lipinski definition) is 0. The summed E-state index contributed by atoms with van der Waals surface area (Å²) < 4.78 is 2.33. The first-order chi connectivity index (χ1) is 26.6. The van der Waals surface area contributed by atoms with Gasteiger partial charge in [-0.15, -0.1) is 0 Å². The highest BCUT2D eigenvalue weighted by atomic mass is 15.0. The van der Waals surface area contributed by atoms with Crippen LogP contribution in [0.4, 0.5) is 0 Å². The molecule has 0 saturated carbocycles. The fraction of sp³-hybridized carbons (Fsp3) is 0.0577. The lowest BCUT2D eigenvalue weighted by molar-refractivity contribution is 1.31. The molecule has 8 rings (SSSR count). The van der Waals surface area contributed by atoms with Crippen LogP contribution in [0.3, 0.4) is 0 Å². The van der Waals surface area contributed by atoms with Gasteiger partial charge in [0.25, 0.3) is 0 Å². The van der Waals surface area contributed by atoms with Gasteiger partial charge in [-0.2, -0.15) is 0 Å². The number of hydrogen-bond acceptors (Lipinski definition) is 1. The first kappa shape index (κ1) is 34.3. The van der Waals surface area contributed by atoms with Crippen molar-refractivity contribution in [3.05, 3.63) is 222 Å². The van der Waals surface area contributed by atoms with Crippen LogP contribution < -0.4 is 0 Å². The predicted molar refractivity (Wildman–Crippen MR) is 234 cm³/mol. The van der Waals surface area contributed by atoms with E-state index < -0.39 is 0 Å². The first-order valence-corrected chi connectivity index (χ1v) is 18.6. The second kappa shape index (κ2) is 15.5. The Hall–Kier alpha value is -6.77. The van der Waals surface area contributed by atoms with E-state index in [1.54, 1.807) is 0 Å². The Morgan fingerprint density at radius 3 is 2.09 bits per heavy atom. The van der Waals surface area contributed by atoms with Crippen molar-refractivity contribution in [2.24, 2.45) is 0 Å². The fourth-order valence-electron chi connectivity index (χ4n) is 7.40. The number of nitrogens with zero attached hydrogens (tertiary/aromatic N) is 2. The predicted octanol–water partition coefficient (Wildman–Crippen LogP) is 14.1. The molecule has 0 fully saturated rings. The van der Waals surface area contributed by atoms with Crippen LogP contribution in [0.1, 0.15) is 43.0 Å². The summed E-state index contributed by atoms with van der Waals surface area (Å²) in [5.74, 6) is 0. The number of fused-ring (bicyclic) bond motifs is 8. The van der Waals surface area contributed by atoms with Crippen molar-refractivity contribution in [1.82, 2.24) is 9.38 Å². The van der Waals surface area contributed by atoms with Crippen molar-refractivity contribution >= 4 is 55.6 Å². The third-order valence-electron chi connectivity index (χ3n) is 9.98. The lowest BCUT2D eigenvalue weighted by Gasteiger charge is -2.15. The summed E-state index contributed by atoms with van der Waals surface area (Å²) >= 11 is 0. The van der Waals surface area contributed by atoms with Gasteiger partial charge in [-0.1, -0.05) is 170 Å². The van der Waals surface area contributed by atoms with E-state index >= 15 is 0 Å². The van der Waals surface area contributed by atoms with Gasteiger partial charge in [-0.3, -0.25) is 4.40 Å². The highest BCUT2D eigenvalue weighted by molar-refractivity contribution is 6.14. The van der Waals surface area contributed by atoms with Crippen LogP contribution in [0.25, 0.3) is 66.7 Å². The number of aromatic nitrogens is 2. The SMILES string of the molecule is C/C=C\C=C/c1cccc(/C(=C(\C=C\C=C/C)/C=C(\C)c2cccc(-c3ccc4c5ccccc5c5nc6ccccc6n5c4c3)c2)c2ccccc2)c1. The lowest BCUT2D eigenvalue weighted by Crippen LogP contribution is -1.94. The Bertz CT molecular complexity index is 2840. The normalized spacial score (nSPS) is 13.2. The number of rotatable bonds is 9. The van der Waals surface area contributed by atoms with E-state index in [0.717, 1.165) is 38.7 Å². The molecule has 0 aliphatic rings. The Labute approximate surface area is 317 Å². The van der Waals surface area contributed by atoms with E-state index in [1.165, 1.54) is 49.7 Å². The van der Waals surface area contributed by atoms with E-state index in [0.29, 0.717) is 0 Å². The Kier molecular flexibility index (Phi) is 9.82. The topological polar surface area (TPSA) is 17.3 Å². The van der Waals surface area contributed by atoms with Crippen molar-refractivity contribution in [2.75, 3.05) is 0 Å². The van der Waals surface area contributed by atoms with Crippen molar-refractivity contribution in [2.45, 2.75) is 20.8 Å². The number of pyridine rings is 1. The van der Waals surface area contributed by atoms with Crippen LogP contribution >= 0.6 is 0 Å².